The molecule has 2 aromatic heterocycles. The lowest BCUT2D eigenvalue weighted by molar-refractivity contribution is 0.102. The van der Waals surface area contributed by atoms with Crippen LogP contribution < -0.4 is 16.8 Å². The second-order valence-electron chi connectivity index (χ2n) is 4.44. The highest BCUT2D eigenvalue weighted by atomic mass is 32.1. The predicted octanol–water partition coefficient (Wildman–Crippen LogP) is 2.35. The molecule has 1 aromatic carbocycles. The number of rotatable bonds is 3. The van der Waals surface area contributed by atoms with Crippen molar-refractivity contribution in [1.82, 2.24) is 9.78 Å². The van der Waals surface area contributed by atoms with E-state index in [9.17, 15) is 4.79 Å². The van der Waals surface area contributed by atoms with Gasteiger partial charge in [-0.15, -0.1) is 5.10 Å². The van der Waals surface area contributed by atoms with E-state index in [2.05, 4.69) is 10.4 Å². The average molecular weight is 299 g/mol. The SMILES string of the molecule is Nc1ccc(C(=O)Nc2nn(-c3ccsc3)cc2N)cc1. The zero-order chi connectivity index (χ0) is 14.8. The second-order valence-corrected chi connectivity index (χ2v) is 5.22. The Labute approximate surface area is 125 Å². The van der Waals surface area contributed by atoms with E-state index in [0.29, 0.717) is 22.8 Å². The Balaban J connectivity index is 1.82. The quantitative estimate of drug-likeness (QED) is 0.646. The molecular formula is C14H13N5OS. The first-order valence-electron chi connectivity index (χ1n) is 6.18. The first-order valence-corrected chi connectivity index (χ1v) is 7.12. The molecule has 0 unspecified atom stereocenters. The first-order chi connectivity index (χ1) is 10.1. The van der Waals surface area contributed by atoms with Gasteiger partial charge in [-0.25, -0.2) is 4.68 Å². The lowest BCUT2D eigenvalue weighted by Gasteiger charge is -2.03. The van der Waals surface area contributed by atoms with Crippen LogP contribution in [0.1, 0.15) is 10.4 Å². The minimum Gasteiger partial charge on any atom is -0.399 e. The molecule has 0 bridgehead atoms. The van der Waals surface area contributed by atoms with E-state index in [1.807, 2.05) is 16.8 Å². The molecule has 0 spiro atoms. The highest BCUT2D eigenvalue weighted by Gasteiger charge is 2.12. The van der Waals surface area contributed by atoms with Crippen molar-refractivity contribution >= 4 is 34.4 Å². The summed E-state index contributed by atoms with van der Waals surface area (Å²) in [7, 11) is 0. The van der Waals surface area contributed by atoms with Crippen LogP contribution in [0.5, 0.6) is 0 Å². The van der Waals surface area contributed by atoms with E-state index >= 15 is 0 Å². The fourth-order valence-corrected chi connectivity index (χ4v) is 2.44. The Morgan fingerprint density at radius 3 is 2.62 bits per heavy atom. The molecule has 0 atom stereocenters. The molecule has 0 aliphatic rings. The molecule has 2 heterocycles. The lowest BCUT2D eigenvalue weighted by atomic mass is 10.2. The largest absolute Gasteiger partial charge is 0.399 e. The number of hydrogen-bond acceptors (Lipinski definition) is 5. The monoisotopic (exact) mass is 299 g/mol. The van der Waals surface area contributed by atoms with E-state index in [1.54, 1.807) is 46.5 Å². The van der Waals surface area contributed by atoms with Gasteiger partial charge in [-0.1, -0.05) is 0 Å². The van der Waals surface area contributed by atoms with Crippen LogP contribution >= 0.6 is 11.3 Å². The number of aromatic nitrogens is 2. The highest BCUT2D eigenvalue weighted by Crippen LogP contribution is 2.20. The van der Waals surface area contributed by atoms with Gasteiger partial charge in [0, 0.05) is 16.6 Å². The maximum Gasteiger partial charge on any atom is 0.256 e. The van der Waals surface area contributed by atoms with Crippen molar-refractivity contribution in [2.24, 2.45) is 0 Å². The van der Waals surface area contributed by atoms with Gasteiger partial charge in [-0.05, 0) is 35.7 Å². The Morgan fingerprint density at radius 2 is 1.95 bits per heavy atom. The van der Waals surface area contributed by atoms with E-state index in [0.717, 1.165) is 5.69 Å². The van der Waals surface area contributed by atoms with Crippen molar-refractivity contribution in [2.75, 3.05) is 16.8 Å². The summed E-state index contributed by atoms with van der Waals surface area (Å²) in [6, 6.07) is 8.56. The number of anilines is 3. The van der Waals surface area contributed by atoms with Gasteiger partial charge >= 0.3 is 0 Å². The number of nitrogens with two attached hydrogens (primary N) is 2. The Bertz CT molecular complexity index is 761. The summed E-state index contributed by atoms with van der Waals surface area (Å²) in [5.41, 5.74) is 13.9. The number of amides is 1. The van der Waals surface area contributed by atoms with Gasteiger partial charge < -0.3 is 16.8 Å². The minimum absolute atomic E-state index is 0.280. The molecule has 1 amide bonds. The summed E-state index contributed by atoms with van der Waals surface area (Å²) in [6.45, 7) is 0. The summed E-state index contributed by atoms with van der Waals surface area (Å²) in [5, 5.41) is 10.9. The zero-order valence-corrected chi connectivity index (χ0v) is 11.8. The number of nitrogens with zero attached hydrogens (tertiary/aromatic N) is 2. The predicted molar refractivity (Wildman–Crippen MR) is 84.7 cm³/mol. The second kappa shape index (κ2) is 5.29. The third kappa shape index (κ3) is 2.72. The third-order valence-electron chi connectivity index (χ3n) is 2.92. The third-order valence-corrected chi connectivity index (χ3v) is 3.59. The normalized spacial score (nSPS) is 10.5. The molecular weight excluding hydrogens is 286 g/mol. The Kier molecular flexibility index (Phi) is 3.33. The molecule has 21 heavy (non-hydrogen) atoms. The van der Waals surface area contributed by atoms with E-state index < -0.39 is 0 Å². The van der Waals surface area contributed by atoms with Crippen LogP contribution in [0, 0.1) is 0 Å². The number of hydrogen-bond donors (Lipinski definition) is 3. The molecule has 0 fully saturated rings. The lowest BCUT2D eigenvalue weighted by Crippen LogP contribution is -2.13. The van der Waals surface area contributed by atoms with Gasteiger partial charge in [0.1, 0.15) is 0 Å². The number of carbonyl (C=O) groups excluding carboxylic acids is 1. The molecule has 5 N–H and O–H groups in total. The van der Waals surface area contributed by atoms with Crippen LogP contribution in [-0.2, 0) is 0 Å². The summed E-state index contributed by atoms with van der Waals surface area (Å²) < 4.78 is 1.63. The van der Waals surface area contributed by atoms with Crippen LogP contribution in [0.25, 0.3) is 5.69 Å². The zero-order valence-electron chi connectivity index (χ0n) is 11.0. The minimum atomic E-state index is -0.280. The topological polar surface area (TPSA) is 99.0 Å². The van der Waals surface area contributed by atoms with Crippen LogP contribution in [0.3, 0.4) is 0 Å². The van der Waals surface area contributed by atoms with Crippen molar-refractivity contribution in [2.45, 2.75) is 0 Å². The maximum atomic E-state index is 12.1. The molecule has 0 saturated heterocycles. The molecule has 0 aliphatic carbocycles. The van der Waals surface area contributed by atoms with Crippen LogP contribution in [0.4, 0.5) is 17.2 Å². The molecule has 3 aromatic rings. The van der Waals surface area contributed by atoms with Crippen LogP contribution in [0.2, 0.25) is 0 Å². The summed E-state index contributed by atoms with van der Waals surface area (Å²) >= 11 is 1.56. The molecule has 0 aliphatic heterocycles. The molecule has 7 heteroatoms. The number of nitrogen functional groups attached to an aromatic ring is 2. The average Bonchev–Trinajstić information content (AvgIpc) is 3.10. The van der Waals surface area contributed by atoms with E-state index in [-0.39, 0.29) is 5.91 Å². The van der Waals surface area contributed by atoms with Gasteiger partial charge in [0.25, 0.3) is 5.91 Å². The Morgan fingerprint density at radius 1 is 1.19 bits per heavy atom. The van der Waals surface area contributed by atoms with Gasteiger partial charge in [-0.3, -0.25) is 4.79 Å². The smallest absolute Gasteiger partial charge is 0.256 e. The van der Waals surface area contributed by atoms with Gasteiger partial charge in [0.05, 0.1) is 17.6 Å². The fourth-order valence-electron chi connectivity index (χ4n) is 1.82. The first kappa shape index (κ1) is 13.2. The summed E-state index contributed by atoms with van der Waals surface area (Å²) in [4.78, 5) is 12.1. The standard InChI is InChI=1S/C14H13N5OS/c15-10-3-1-9(2-4-10)14(20)17-13-12(16)7-19(18-13)11-5-6-21-8-11/h1-8H,15-16H2,(H,17,18,20). The van der Waals surface area contributed by atoms with Crippen molar-refractivity contribution in [1.29, 1.82) is 0 Å². The van der Waals surface area contributed by atoms with Gasteiger partial charge in [0.15, 0.2) is 5.82 Å². The van der Waals surface area contributed by atoms with Gasteiger partial charge in [0.2, 0.25) is 0 Å². The number of nitrogens with one attached hydrogen (secondary N) is 1. The summed E-state index contributed by atoms with van der Waals surface area (Å²) in [5.74, 6) is 0.0558. The molecule has 6 nitrogen and oxygen atoms in total. The maximum absolute atomic E-state index is 12.1. The molecule has 0 radical (unpaired) electrons. The highest BCUT2D eigenvalue weighted by molar-refractivity contribution is 7.08. The van der Waals surface area contributed by atoms with Crippen molar-refractivity contribution in [3.8, 4) is 5.69 Å². The molecule has 106 valence electrons. The summed E-state index contributed by atoms with van der Waals surface area (Å²) in [6.07, 6.45) is 1.67. The van der Waals surface area contributed by atoms with Gasteiger partial charge in [-0.2, -0.15) is 11.3 Å². The van der Waals surface area contributed by atoms with Crippen LogP contribution in [0.15, 0.2) is 47.3 Å². The van der Waals surface area contributed by atoms with Crippen molar-refractivity contribution in [3.05, 3.63) is 52.9 Å². The number of carbonyl (C=O) groups is 1. The molecule has 3 rings (SSSR count). The Hall–Kier alpha value is -2.80. The van der Waals surface area contributed by atoms with E-state index in [4.69, 9.17) is 11.5 Å². The van der Waals surface area contributed by atoms with Crippen LogP contribution in [-0.4, -0.2) is 15.7 Å². The van der Waals surface area contributed by atoms with Crippen molar-refractivity contribution < 1.29 is 4.79 Å². The van der Waals surface area contributed by atoms with E-state index in [1.165, 1.54) is 0 Å². The number of thiophene rings is 1. The number of benzene rings is 1. The molecule has 0 saturated carbocycles. The fraction of sp³-hybridized carbons (Fsp3) is 0. The van der Waals surface area contributed by atoms with Crippen molar-refractivity contribution in [3.63, 3.8) is 0 Å².